The number of amides is 7. The van der Waals surface area contributed by atoms with E-state index in [-0.39, 0.29) is 81.5 Å². The van der Waals surface area contributed by atoms with Gasteiger partial charge in [0.1, 0.15) is 18.8 Å². The zero-order valence-corrected chi connectivity index (χ0v) is 42.3. The van der Waals surface area contributed by atoms with Crippen molar-refractivity contribution in [3.63, 3.8) is 0 Å². The third kappa shape index (κ3) is 15.6. The van der Waals surface area contributed by atoms with Crippen molar-refractivity contribution in [3.8, 4) is 22.6 Å². The molecule has 0 bridgehead atoms. The number of urea groups is 1. The minimum Gasteiger partial charge on any atom is -0.445 e. The molecule has 5 heterocycles. The van der Waals surface area contributed by atoms with Gasteiger partial charge in [-0.05, 0) is 92.6 Å². The van der Waals surface area contributed by atoms with Gasteiger partial charge in [0.05, 0.1) is 29.7 Å². The number of nitrogens with two attached hydrogens (primary N) is 1. The number of benzene rings is 2. The molecule has 1 aliphatic rings. The van der Waals surface area contributed by atoms with Crippen molar-refractivity contribution in [1.29, 1.82) is 0 Å². The molecule has 2 aromatic carbocycles. The lowest BCUT2D eigenvalue weighted by atomic mass is 9.89. The molecule has 0 spiro atoms. The van der Waals surface area contributed by atoms with Crippen LogP contribution >= 0.6 is 0 Å². The van der Waals surface area contributed by atoms with E-state index < -0.39 is 30.0 Å². The number of imidazole rings is 1. The molecule has 0 radical (unpaired) electrons. The molecule has 0 saturated heterocycles. The van der Waals surface area contributed by atoms with Gasteiger partial charge in [0.25, 0.3) is 11.8 Å². The highest BCUT2D eigenvalue weighted by molar-refractivity contribution is 6.12. The Labute approximate surface area is 434 Å². The molecule has 1 aliphatic heterocycles. The van der Waals surface area contributed by atoms with Crippen molar-refractivity contribution in [2.45, 2.75) is 84.9 Å². The molecular formula is C54H63N13O8. The number of H-pyrrole nitrogens is 1. The highest BCUT2D eigenvalue weighted by Crippen LogP contribution is 2.30. The smallest absolute Gasteiger partial charge is 0.410 e. The number of nitrogens with zero attached hydrogens (tertiary/aromatic N) is 7. The number of aromatic nitrogens is 6. The first kappa shape index (κ1) is 54.0. The number of Topliss-reactive ketones (excluding diaryl/α,β-unsaturated/α-hetero) is 1. The molecule has 2 atom stereocenters. The number of aromatic amines is 1. The van der Waals surface area contributed by atoms with Gasteiger partial charge in [-0.2, -0.15) is 5.10 Å². The van der Waals surface area contributed by atoms with Gasteiger partial charge in [-0.3, -0.25) is 38.8 Å². The number of carbonyl (C=O) groups is 7. The van der Waals surface area contributed by atoms with Crippen LogP contribution in [0.3, 0.4) is 0 Å². The zero-order chi connectivity index (χ0) is 53.3. The Bertz CT molecular complexity index is 2970. The number of primary amides is 1. The number of imide groups is 1. The molecule has 0 fully saturated rings. The van der Waals surface area contributed by atoms with Gasteiger partial charge in [0.2, 0.25) is 11.8 Å². The van der Waals surface area contributed by atoms with Crippen molar-refractivity contribution in [2.75, 3.05) is 36.8 Å². The van der Waals surface area contributed by atoms with Crippen LogP contribution in [0.4, 0.5) is 21.0 Å². The van der Waals surface area contributed by atoms with E-state index in [9.17, 15) is 33.6 Å². The highest BCUT2D eigenvalue weighted by atomic mass is 16.6. The number of ether oxygens (including phenoxy) is 1. The summed E-state index contributed by atoms with van der Waals surface area (Å²) in [7, 11) is 0. The lowest BCUT2D eigenvalue weighted by Gasteiger charge is -2.24. The van der Waals surface area contributed by atoms with Crippen molar-refractivity contribution < 1.29 is 38.3 Å². The third-order valence-electron chi connectivity index (χ3n) is 12.5. The zero-order valence-electron chi connectivity index (χ0n) is 42.3. The number of pyridine rings is 2. The molecule has 4 aromatic heterocycles. The van der Waals surface area contributed by atoms with E-state index in [0.717, 1.165) is 21.8 Å². The SMILES string of the molecule is Cc1cccc(-c2[nH]c(CN(CCNc3ccccc3)C(=O)OCc3ccc(NC(=O)[C@H](CCCNC(N)=O)CC(=O)[C@@H](NC(=O)CCCCCN4C(=O)C=CC4=O)C(C)C)cc3)nc2-c2ccc3ncnn3c2)n1. The van der Waals surface area contributed by atoms with Crippen LogP contribution in [-0.2, 0) is 41.9 Å². The lowest BCUT2D eigenvalue weighted by Crippen LogP contribution is -2.45. The van der Waals surface area contributed by atoms with Crippen molar-refractivity contribution in [1.82, 2.24) is 50.0 Å². The van der Waals surface area contributed by atoms with Crippen LogP contribution in [0.2, 0.25) is 0 Å². The number of nitrogens with one attached hydrogen (secondary N) is 5. The summed E-state index contributed by atoms with van der Waals surface area (Å²) >= 11 is 0. The Hall–Kier alpha value is -8.75. The van der Waals surface area contributed by atoms with Crippen molar-refractivity contribution in [3.05, 3.63) is 127 Å². The van der Waals surface area contributed by atoms with E-state index in [1.807, 2.05) is 87.6 Å². The summed E-state index contributed by atoms with van der Waals surface area (Å²) in [5, 5.41) is 15.9. The van der Waals surface area contributed by atoms with Crippen LogP contribution in [0.15, 0.2) is 110 Å². The van der Waals surface area contributed by atoms with Gasteiger partial charge < -0.3 is 36.7 Å². The maximum Gasteiger partial charge on any atom is 0.410 e. The third-order valence-corrected chi connectivity index (χ3v) is 12.5. The summed E-state index contributed by atoms with van der Waals surface area (Å²) < 4.78 is 7.56. The predicted octanol–water partition coefficient (Wildman–Crippen LogP) is 6.33. The van der Waals surface area contributed by atoms with Crippen LogP contribution in [0.5, 0.6) is 0 Å². The van der Waals surface area contributed by atoms with E-state index >= 15 is 0 Å². The maximum absolute atomic E-state index is 14.0. The molecule has 0 unspecified atom stereocenters. The van der Waals surface area contributed by atoms with E-state index in [2.05, 4.69) is 36.3 Å². The van der Waals surface area contributed by atoms with Crippen LogP contribution in [0.25, 0.3) is 28.3 Å². The topological polar surface area (TPSA) is 281 Å². The number of fused-ring (bicyclic) bond motifs is 1. The first-order valence-corrected chi connectivity index (χ1v) is 25.0. The van der Waals surface area contributed by atoms with Crippen LogP contribution in [-0.4, -0.2) is 113 Å². The van der Waals surface area contributed by atoms with Gasteiger partial charge in [-0.15, -0.1) is 0 Å². The van der Waals surface area contributed by atoms with Gasteiger partial charge in [0.15, 0.2) is 11.4 Å². The normalized spacial score (nSPS) is 12.9. The number of hydrogen-bond donors (Lipinski definition) is 6. The Balaban J connectivity index is 0.977. The molecule has 75 heavy (non-hydrogen) atoms. The minimum atomic E-state index is -0.855. The summed E-state index contributed by atoms with van der Waals surface area (Å²) in [6.45, 7) is 6.65. The molecular weight excluding hydrogens is 959 g/mol. The Morgan fingerprint density at radius 1 is 0.840 bits per heavy atom. The van der Waals surface area contributed by atoms with E-state index in [0.29, 0.717) is 72.0 Å². The van der Waals surface area contributed by atoms with Crippen LogP contribution in [0.1, 0.15) is 75.9 Å². The Morgan fingerprint density at radius 2 is 1.61 bits per heavy atom. The van der Waals surface area contributed by atoms with E-state index in [1.54, 1.807) is 33.7 Å². The molecule has 7 N–H and O–H groups in total. The monoisotopic (exact) mass is 1020 g/mol. The minimum absolute atomic E-state index is 0.0737. The lowest BCUT2D eigenvalue weighted by molar-refractivity contribution is -0.137. The van der Waals surface area contributed by atoms with Crippen LogP contribution < -0.4 is 27.0 Å². The number of unbranched alkanes of at least 4 members (excludes halogenated alkanes) is 2. The van der Waals surface area contributed by atoms with Gasteiger partial charge in [0, 0.05) is 85.9 Å². The van der Waals surface area contributed by atoms with Gasteiger partial charge in [-0.1, -0.05) is 56.7 Å². The fourth-order valence-corrected chi connectivity index (χ4v) is 8.51. The molecule has 7 amide bonds. The number of para-hydroxylation sites is 1. The van der Waals surface area contributed by atoms with Crippen LogP contribution in [0, 0.1) is 18.8 Å². The quantitative estimate of drug-likeness (QED) is 0.0243. The predicted molar refractivity (Wildman–Crippen MR) is 280 cm³/mol. The molecule has 392 valence electrons. The second-order valence-corrected chi connectivity index (χ2v) is 18.6. The average Bonchev–Trinajstić information content (AvgIpc) is 4.14. The number of rotatable bonds is 27. The summed E-state index contributed by atoms with van der Waals surface area (Å²) in [5.41, 5.74) is 11.5. The second-order valence-electron chi connectivity index (χ2n) is 18.6. The molecule has 6 aromatic rings. The van der Waals surface area contributed by atoms with Gasteiger partial charge in [-0.25, -0.2) is 24.1 Å². The number of anilines is 2. The highest BCUT2D eigenvalue weighted by Gasteiger charge is 2.30. The number of aryl methyl sites for hydroxylation is 1. The summed E-state index contributed by atoms with van der Waals surface area (Å²) in [6, 6.07) is 24.4. The maximum atomic E-state index is 14.0. The fraction of sp³-hybridized carbons (Fsp3) is 0.352. The fourth-order valence-electron chi connectivity index (χ4n) is 8.51. The number of hydrogen-bond acceptors (Lipinski definition) is 13. The summed E-state index contributed by atoms with van der Waals surface area (Å²) in [6.07, 6.45) is 7.38. The first-order chi connectivity index (χ1) is 36.2. The molecule has 0 saturated carbocycles. The summed E-state index contributed by atoms with van der Waals surface area (Å²) in [5.74, 6) is -2.36. The van der Waals surface area contributed by atoms with Crippen molar-refractivity contribution in [2.24, 2.45) is 17.6 Å². The summed E-state index contributed by atoms with van der Waals surface area (Å²) in [4.78, 5) is 110. The number of carbonyl (C=O) groups excluding carboxylic acids is 7. The van der Waals surface area contributed by atoms with Gasteiger partial charge >= 0.3 is 12.1 Å². The standard InChI is InChI=1S/C54H63N13O8/c1-35(2)49(64-46(69)17-8-5-9-28-66-47(70)24-25-48(66)71)43(68)30-38(13-11-26-57-53(55)73)52(72)61-41-21-18-37(19-22-41)33-75-54(74)65(29-27-56-40-14-6-4-7-15-40)32-44-62-50(39-20-23-45-58-34-59-67(45)31-39)51(63-44)42-16-10-12-36(3)60-42/h4,6-7,10,12,14-16,18-25,31,34-35,38,49,56H,5,8-9,11,13,17,26-30,32-33H2,1-3H3,(H,61,72)(H,62,63)(H,64,69)(H3,55,57,73)/t38-,49+/m1/s1. The Morgan fingerprint density at radius 3 is 2.35 bits per heavy atom. The molecule has 21 heteroatoms. The largest absolute Gasteiger partial charge is 0.445 e. The average molecular weight is 1020 g/mol. The van der Waals surface area contributed by atoms with E-state index in [1.165, 1.54) is 18.5 Å². The number of ketones is 1. The van der Waals surface area contributed by atoms with Crippen molar-refractivity contribution >= 4 is 58.6 Å². The molecule has 0 aliphatic carbocycles. The second kappa shape index (κ2) is 26.3. The Kier molecular flexibility index (Phi) is 18.9. The first-order valence-electron chi connectivity index (χ1n) is 25.0. The molecule has 7 rings (SSSR count). The van der Waals surface area contributed by atoms with E-state index in [4.69, 9.17) is 20.4 Å². The molecule has 21 nitrogen and oxygen atoms in total.